The van der Waals surface area contributed by atoms with Gasteiger partial charge in [0.25, 0.3) is 0 Å². The van der Waals surface area contributed by atoms with Gasteiger partial charge in [0, 0.05) is 12.6 Å². The Kier molecular flexibility index (Phi) is 4.12. The minimum Gasteiger partial charge on any atom is -0.358 e. The van der Waals surface area contributed by atoms with Crippen LogP contribution in [0.1, 0.15) is 12.2 Å². The molecule has 0 aliphatic carbocycles. The molecule has 2 aromatic rings. The number of aryl methyl sites for hydroxylation is 1. The Hall–Kier alpha value is -2.28. The lowest BCUT2D eigenvalue weighted by Crippen LogP contribution is -2.34. The molecule has 23 heavy (non-hydrogen) atoms. The number of nitrogens with zero attached hydrogens (tertiary/aromatic N) is 3. The van der Waals surface area contributed by atoms with Crippen LogP contribution in [0.15, 0.2) is 24.3 Å². The number of nitrogens with one attached hydrogen (secondary N) is 1. The molecule has 2 heterocycles. The molecule has 0 saturated carbocycles. The molecule has 1 saturated heterocycles. The third-order valence-corrected chi connectivity index (χ3v) is 3.74. The van der Waals surface area contributed by atoms with Gasteiger partial charge < -0.3 is 10.2 Å². The molecule has 1 unspecified atom stereocenters. The van der Waals surface area contributed by atoms with Crippen molar-refractivity contribution in [2.24, 2.45) is 0 Å². The first-order chi connectivity index (χ1) is 11.0. The fourth-order valence-corrected chi connectivity index (χ4v) is 2.79. The molecule has 1 aromatic heterocycles. The number of para-hydroxylation sites is 1. The third-order valence-electron chi connectivity index (χ3n) is 3.54. The van der Waals surface area contributed by atoms with Crippen LogP contribution in [0.2, 0.25) is 5.15 Å². The number of amides is 1. The molecule has 1 N–H and O–H groups in total. The fraction of sp³-hybridized carbons (Fsp3) is 0.267. The molecule has 120 valence electrons. The molecule has 5 nitrogen and oxygen atoms in total. The van der Waals surface area contributed by atoms with Gasteiger partial charge >= 0.3 is 0 Å². The molecule has 1 aliphatic rings. The van der Waals surface area contributed by atoms with Gasteiger partial charge in [-0.15, -0.1) is 0 Å². The van der Waals surface area contributed by atoms with Crippen molar-refractivity contribution in [2.45, 2.75) is 19.4 Å². The second-order valence-electron chi connectivity index (χ2n) is 5.17. The van der Waals surface area contributed by atoms with Crippen molar-refractivity contribution < 1.29 is 13.6 Å². The van der Waals surface area contributed by atoms with Crippen LogP contribution >= 0.6 is 11.6 Å². The molecule has 0 radical (unpaired) electrons. The van der Waals surface area contributed by atoms with Crippen LogP contribution in [0.4, 0.5) is 20.3 Å². The van der Waals surface area contributed by atoms with E-state index in [1.54, 1.807) is 6.92 Å². The lowest BCUT2D eigenvalue weighted by atomic mass is 10.2. The Labute approximate surface area is 136 Å². The Morgan fingerprint density at radius 3 is 2.65 bits per heavy atom. The van der Waals surface area contributed by atoms with Gasteiger partial charge in [0.15, 0.2) is 0 Å². The molecule has 8 heteroatoms. The molecule has 1 aromatic carbocycles. The van der Waals surface area contributed by atoms with E-state index in [-0.39, 0.29) is 17.4 Å². The van der Waals surface area contributed by atoms with Gasteiger partial charge in [-0.1, -0.05) is 17.7 Å². The maximum absolute atomic E-state index is 13.8. The lowest BCUT2D eigenvalue weighted by Gasteiger charge is -2.18. The summed E-state index contributed by atoms with van der Waals surface area (Å²) in [5.74, 6) is -1.08. The molecule has 3 rings (SSSR count). The highest BCUT2D eigenvalue weighted by Crippen LogP contribution is 2.28. The van der Waals surface area contributed by atoms with E-state index in [1.165, 1.54) is 12.1 Å². The van der Waals surface area contributed by atoms with Crippen molar-refractivity contribution in [3.8, 4) is 0 Å². The average molecular weight is 339 g/mol. The van der Waals surface area contributed by atoms with Crippen LogP contribution in [0, 0.1) is 18.6 Å². The van der Waals surface area contributed by atoms with Crippen molar-refractivity contribution in [3.05, 3.63) is 46.9 Å². The molecule has 0 bridgehead atoms. The average Bonchev–Trinajstić information content (AvgIpc) is 2.79. The predicted molar refractivity (Wildman–Crippen MR) is 82.5 cm³/mol. The second kappa shape index (κ2) is 6.08. The summed E-state index contributed by atoms with van der Waals surface area (Å²) in [4.78, 5) is 21.6. The Balaban J connectivity index is 1.82. The zero-order chi connectivity index (χ0) is 16.6. The molecule has 1 fully saturated rings. The van der Waals surface area contributed by atoms with Gasteiger partial charge in [-0.05, 0) is 25.5 Å². The Bertz CT molecular complexity index is 731. The first-order valence-corrected chi connectivity index (χ1v) is 7.36. The van der Waals surface area contributed by atoms with E-state index in [1.807, 2.05) is 0 Å². The van der Waals surface area contributed by atoms with Crippen molar-refractivity contribution in [3.63, 3.8) is 0 Å². The van der Waals surface area contributed by atoms with Crippen LogP contribution in [-0.4, -0.2) is 28.5 Å². The van der Waals surface area contributed by atoms with E-state index in [9.17, 15) is 13.6 Å². The summed E-state index contributed by atoms with van der Waals surface area (Å²) in [5.41, 5.74) is -0.321. The summed E-state index contributed by atoms with van der Waals surface area (Å²) < 4.78 is 27.7. The standard InChI is InChI=1S/C15H13ClF2N4O/c1-8-19-12(16)7-13(20-8)21-11-5-6-22(15(11)23)14-9(17)3-2-4-10(14)18/h2-4,7,11H,5-6H2,1H3,(H,19,20,21). The van der Waals surface area contributed by atoms with E-state index in [0.29, 0.717) is 18.1 Å². The summed E-state index contributed by atoms with van der Waals surface area (Å²) in [6, 6.07) is 4.38. The predicted octanol–water partition coefficient (Wildman–Crippen LogP) is 2.93. The zero-order valence-electron chi connectivity index (χ0n) is 12.2. The monoisotopic (exact) mass is 338 g/mol. The second-order valence-corrected chi connectivity index (χ2v) is 5.56. The minimum atomic E-state index is -0.764. The third kappa shape index (κ3) is 3.10. The van der Waals surface area contributed by atoms with Crippen molar-refractivity contribution in [2.75, 3.05) is 16.8 Å². The summed E-state index contributed by atoms with van der Waals surface area (Å²) in [6.07, 6.45) is 0.396. The number of aromatic nitrogens is 2. The van der Waals surface area contributed by atoms with Crippen LogP contribution in [0.25, 0.3) is 0 Å². The number of hydrogen-bond acceptors (Lipinski definition) is 4. The SMILES string of the molecule is Cc1nc(Cl)cc(NC2CCN(c3c(F)cccc3F)C2=O)n1. The van der Waals surface area contributed by atoms with Crippen molar-refractivity contribution in [1.29, 1.82) is 0 Å². The molecule has 1 amide bonds. The molecule has 1 aliphatic heterocycles. The highest BCUT2D eigenvalue weighted by Gasteiger charge is 2.35. The van der Waals surface area contributed by atoms with E-state index >= 15 is 0 Å². The summed E-state index contributed by atoms with van der Waals surface area (Å²) in [6.45, 7) is 1.89. The topological polar surface area (TPSA) is 58.1 Å². The van der Waals surface area contributed by atoms with E-state index in [2.05, 4.69) is 15.3 Å². The number of hydrogen-bond donors (Lipinski definition) is 1. The van der Waals surface area contributed by atoms with E-state index < -0.39 is 23.6 Å². The van der Waals surface area contributed by atoms with Crippen molar-refractivity contribution in [1.82, 2.24) is 9.97 Å². The van der Waals surface area contributed by atoms with Crippen LogP contribution in [-0.2, 0) is 4.79 Å². The van der Waals surface area contributed by atoms with Gasteiger partial charge in [0.05, 0.1) is 0 Å². The van der Waals surface area contributed by atoms with Crippen LogP contribution in [0.5, 0.6) is 0 Å². The largest absolute Gasteiger partial charge is 0.358 e. The number of benzene rings is 1. The first-order valence-electron chi connectivity index (χ1n) is 6.99. The summed E-state index contributed by atoms with van der Waals surface area (Å²) >= 11 is 5.85. The molecular formula is C15H13ClF2N4O. The van der Waals surface area contributed by atoms with Gasteiger partial charge in [-0.2, -0.15) is 0 Å². The van der Waals surface area contributed by atoms with Gasteiger partial charge in [-0.3, -0.25) is 4.79 Å². The van der Waals surface area contributed by atoms with E-state index in [0.717, 1.165) is 17.0 Å². The smallest absolute Gasteiger partial charge is 0.249 e. The minimum absolute atomic E-state index is 0.214. The summed E-state index contributed by atoms with van der Waals surface area (Å²) in [7, 11) is 0. The van der Waals surface area contributed by atoms with Crippen molar-refractivity contribution >= 4 is 29.0 Å². The lowest BCUT2D eigenvalue weighted by molar-refractivity contribution is -0.117. The normalized spacial score (nSPS) is 17.7. The number of carbonyl (C=O) groups excluding carboxylic acids is 1. The molecule has 0 spiro atoms. The summed E-state index contributed by atoms with van der Waals surface area (Å²) in [5, 5.41) is 3.19. The maximum Gasteiger partial charge on any atom is 0.249 e. The molecular weight excluding hydrogens is 326 g/mol. The fourth-order valence-electron chi connectivity index (χ4n) is 2.57. The van der Waals surface area contributed by atoms with Gasteiger partial charge in [0.1, 0.15) is 40.2 Å². The number of halogens is 3. The number of rotatable bonds is 3. The Morgan fingerprint density at radius 2 is 2.00 bits per heavy atom. The van der Waals surface area contributed by atoms with Crippen LogP contribution < -0.4 is 10.2 Å². The number of anilines is 2. The quantitative estimate of drug-likeness (QED) is 0.874. The number of carbonyl (C=O) groups is 1. The Morgan fingerprint density at radius 1 is 1.30 bits per heavy atom. The zero-order valence-corrected chi connectivity index (χ0v) is 12.9. The maximum atomic E-state index is 13.8. The first kappa shape index (κ1) is 15.6. The van der Waals surface area contributed by atoms with E-state index in [4.69, 9.17) is 11.6 Å². The van der Waals surface area contributed by atoms with Gasteiger partial charge in [-0.25, -0.2) is 18.7 Å². The highest BCUT2D eigenvalue weighted by molar-refractivity contribution is 6.29. The van der Waals surface area contributed by atoms with Gasteiger partial charge in [0.2, 0.25) is 5.91 Å². The van der Waals surface area contributed by atoms with Crippen LogP contribution in [0.3, 0.4) is 0 Å². The molecule has 1 atom stereocenters. The highest BCUT2D eigenvalue weighted by atomic mass is 35.5.